The van der Waals surface area contributed by atoms with E-state index < -0.39 is 41.4 Å². The average molecular weight is 437 g/mol. The molecule has 0 saturated carbocycles. The second-order valence-electron chi connectivity index (χ2n) is 9.09. The molecule has 2 amide bonds. The van der Waals surface area contributed by atoms with Crippen molar-refractivity contribution in [2.24, 2.45) is 5.92 Å². The Hall–Kier alpha value is -3.55. The monoisotopic (exact) mass is 437 g/mol. The van der Waals surface area contributed by atoms with E-state index in [-0.39, 0.29) is 38.9 Å². The minimum atomic E-state index is -1.12. The molecule has 2 aromatic carbocycles. The van der Waals surface area contributed by atoms with Crippen LogP contribution in [-0.2, 0) is 14.3 Å². The maximum absolute atomic E-state index is 13.5. The second kappa shape index (κ2) is 7.25. The molecule has 0 bridgehead atoms. The first-order valence-corrected chi connectivity index (χ1v) is 10.4. The first-order valence-electron chi connectivity index (χ1n) is 10.4. The van der Waals surface area contributed by atoms with Gasteiger partial charge in [0, 0.05) is 21.9 Å². The summed E-state index contributed by atoms with van der Waals surface area (Å²) >= 11 is 0. The van der Waals surface area contributed by atoms with Crippen molar-refractivity contribution in [1.29, 1.82) is 0 Å². The van der Waals surface area contributed by atoms with Crippen LogP contribution in [0.2, 0.25) is 0 Å². The largest absolute Gasteiger partial charge is 0.458 e. The molecular weight excluding hydrogens is 414 g/mol. The highest BCUT2D eigenvalue weighted by atomic mass is 16.6. The van der Waals surface area contributed by atoms with Crippen molar-refractivity contribution in [2.45, 2.75) is 52.7 Å². The third-order valence-electron chi connectivity index (χ3n) is 5.79. The lowest BCUT2D eigenvalue weighted by molar-refractivity contribution is -0.161. The van der Waals surface area contributed by atoms with Gasteiger partial charge in [-0.05, 0) is 51.0 Å². The molecule has 4 rings (SSSR count). The zero-order chi connectivity index (χ0) is 23.5. The number of amides is 2. The van der Waals surface area contributed by atoms with Gasteiger partial charge in [-0.1, -0.05) is 20.3 Å². The standard InChI is InChI=1S/C24H23NO7/c1-6-11(2)18(23(30)32-24(3,4)5)25-19(26)12-7-9-14-17-15(22(29)31-21(14)28)10-8-13(16(12)17)20(25)27/h7-11,18H,6H2,1-5H3/t11-,18-/m0/s1. The van der Waals surface area contributed by atoms with Gasteiger partial charge >= 0.3 is 17.9 Å². The van der Waals surface area contributed by atoms with Gasteiger partial charge in [0.15, 0.2) is 0 Å². The quantitative estimate of drug-likeness (QED) is 0.409. The Balaban J connectivity index is 1.91. The molecule has 2 aromatic rings. The highest BCUT2D eigenvalue weighted by molar-refractivity contribution is 6.32. The van der Waals surface area contributed by atoms with Crippen LogP contribution in [0.4, 0.5) is 0 Å². The van der Waals surface area contributed by atoms with Crippen LogP contribution < -0.4 is 0 Å². The summed E-state index contributed by atoms with van der Waals surface area (Å²) in [7, 11) is 0. The summed E-state index contributed by atoms with van der Waals surface area (Å²) in [5.74, 6) is -4.04. The van der Waals surface area contributed by atoms with Crippen molar-refractivity contribution in [3.63, 3.8) is 0 Å². The third kappa shape index (κ3) is 3.18. The molecule has 2 aliphatic heterocycles. The van der Waals surface area contributed by atoms with Gasteiger partial charge in [-0.25, -0.2) is 14.4 Å². The van der Waals surface area contributed by atoms with Crippen LogP contribution in [0.3, 0.4) is 0 Å². The molecule has 0 unspecified atom stereocenters. The molecule has 166 valence electrons. The molecule has 0 N–H and O–H groups in total. The van der Waals surface area contributed by atoms with Crippen molar-refractivity contribution in [2.75, 3.05) is 0 Å². The van der Waals surface area contributed by atoms with Crippen LogP contribution in [0.1, 0.15) is 82.5 Å². The van der Waals surface area contributed by atoms with Gasteiger partial charge < -0.3 is 9.47 Å². The SMILES string of the molecule is CC[C@H](C)[C@@H](C(=O)OC(C)(C)C)N1C(=O)c2ccc3c4c(ccc(c24)C1=O)C(=O)OC3=O. The van der Waals surface area contributed by atoms with Gasteiger partial charge in [0.1, 0.15) is 11.6 Å². The van der Waals surface area contributed by atoms with Crippen LogP contribution in [0.15, 0.2) is 24.3 Å². The fraction of sp³-hybridized carbons (Fsp3) is 0.375. The predicted molar refractivity (Wildman–Crippen MR) is 113 cm³/mol. The molecule has 32 heavy (non-hydrogen) atoms. The minimum Gasteiger partial charge on any atom is -0.458 e. The summed E-state index contributed by atoms with van der Waals surface area (Å²) in [4.78, 5) is 65.5. The zero-order valence-electron chi connectivity index (χ0n) is 18.5. The number of imide groups is 1. The molecule has 0 aromatic heterocycles. The Morgan fingerprint density at radius 3 is 1.78 bits per heavy atom. The summed E-state index contributed by atoms with van der Waals surface area (Å²) in [6.07, 6.45) is 0.529. The summed E-state index contributed by atoms with van der Waals surface area (Å²) in [5, 5.41) is 0.447. The Morgan fingerprint density at radius 1 is 0.906 bits per heavy atom. The van der Waals surface area contributed by atoms with Crippen molar-refractivity contribution in [3.8, 4) is 0 Å². The summed E-state index contributed by atoms with van der Waals surface area (Å²) < 4.78 is 10.3. The molecular formula is C24H23NO7. The Morgan fingerprint density at radius 2 is 1.34 bits per heavy atom. The zero-order valence-corrected chi connectivity index (χ0v) is 18.5. The lowest BCUT2D eigenvalue weighted by Gasteiger charge is -2.37. The first kappa shape index (κ1) is 21.7. The van der Waals surface area contributed by atoms with Crippen LogP contribution >= 0.6 is 0 Å². The second-order valence-corrected chi connectivity index (χ2v) is 9.09. The normalized spacial score (nSPS) is 17.3. The van der Waals surface area contributed by atoms with Gasteiger partial charge in [0.2, 0.25) is 0 Å². The van der Waals surface area contributed by atoms with E-state index in [1.54, 1.807) is 27.7 Å². The van der Waals surface area contributed by atoms with Crippen LogP contribution in [-0.4, -0.2) is 46.3 Å². The summed E-state index contributed by atoms with van der Waals surface area (Å²) in [6, 6.07) is 4.52. The van der Waals surface area contributed by atoms with Crippen LogP contribution in [0.5, 0.6) is 0 Å². The van der Waals surface area contributed by atoms with Gasteiger partial charge in [-0.2, -0.15) is 0 Å². The molecule has 8 nitrogen and oxygen atoms in total. The van der Waals surface area contributed by atoms with Crippen LogP contribution in [0.25, 0.3) is 10.8 Å². The van der Waals surface area contributed by atoms with E-state index in [1.165, 1.54) is 24.3 Å². The van der Waals surface area contributed by atoms with E-state index >= 15 is 0 Å². The van der Waals surface area contributed by atoms with Crippen molar-refractivity contribution < 1.29 is 33.4 Å². The molecule has 0 radical (unpaired) electrons. The molecule has 0 saturated heterocycles. The van der Waals surface area contributed by atoms with E-state index in [9.17, 15) is 24.0 Å². The maximum Gasteiger partial charge on any atom is 0.346 e. The highest BCUT2D eigenvalue weighted by Crippen LogP contribution is 2.38. The molecule has 2 heterocycles. The summed E-state index contributed by atoms with van der Waals surface area (Å²) in [6.45, 7) is 8.78. The van der Waals surface area contributed by atoms with E-state index in [2.05, 4.69) is 0 Å². The number of carbonyl (C=O) groups is 5. The number of esters is 3. The fourth-order valence-electron chi connectivity index (χ4n) is 4.17. The topological polar surface area (TPSA) is 107 Å². The van der Waals surface area contributed by atoms with Crippen molar-refractivity contribution in [3.05, 3.63) is 46.5 Å². The molecule has 2 aliphatic rings. The number of carbonyl (C=O) groups excluding carboxylic acids is 5. The predicted octanol–water partition coefficient (Wildman–Crippen LogP) is 3.50. The van der Waals surface area contributed by atoms with Gasteiger partial charge in [0.25, 0.3) is 11.8 Å². The highest BCUT2D eigenvalue weighted by Gasteiger charge is 2.45. The van der Waals surface area contributed by atoms with E-state index in [4.69, 9.17) is 9.47 Å². The molecule has 2 atom stereocenters. The van der Waals surface area contributed by atoms with Crippen molar-refractivity contribution >= 4 is 40.5 Å². The number of rotatable bonds is 4. The number of hydrogen-bond donors (Lipinski definition) is 0. The van der Waals surface area contributed by atoms with Gasteiger partial charge in [-0.3, -0.25) is 14.5 Å². The Kier molecular flexibility index (Phi) is 4.91. The van der Waals surface area contributed by atoms with Crippen molar-refractivity contribution in [1.82, 2.24) is 4.90 Å². The Labute approximate surface area is 184 Å². The third-order valence-corrected chi connectivity index (χ3v) is 5.79. The number of hydrogen-bond acceptors (Lipinski definition) is 7. The average Bonchev–Trinajstić information content (AvgIpc) is 2.71. The van der Waals surface area contributed by atoms with Crippen LogP contribution in [0, 0.1) is 5.92 Å². The number of cyclic esters (lactones) is 2. The van der Waals surface area contributed by atoms with E-state index in [1.807, 2.05) is 6.92 Å². The Bertz CT molecular complexity index is 1150. The number of nitrogens with zero attached hydrogens (tertiary/aromatic N) is 1. The minimum absolute atomic E-state index is 0.111. The van der Waals surface area contributed by atoms with E-state index in [0.29, 0.717) is 6.42 Å². The van der Waals surface area contributed by atoms with Gasteiger partial charge in [0.05, 0.1) is 11.1 Å². The van der Waals surface area contributed by atoms with E-state index in [0.717, 1.165) is 4.90 Å². The lowest BCUT2D eigenvalue weighted by atomic mass is 9.86. The lowest BCUT2D eigenvalue weighted by Crippen LogP contribution is -2.54. The fourth-order valence-corrected chi connectivity index (χ4v) is 4.17. The molecule has 0 aliphatic carbocycles. The smallest absolute Gasteiger partial charge is 0.346 e. The van der Waals surface area contributed by atoms with Gasteiger partial charge in [-0.15, -0.1) is 0 Å². The molecule has 0 spiro atoms. The maximum atomic E-state index is 13.5. The number of ether oxygens (including phenoxy) is 2. The number of benzene rings is 2. The molecule has 0 fully saturated rings. The summed E-state index contributed by atoms with van der Waals surface area (Å²) in [5.41, 5.74) is -0.303. The first-order chi connectivity index (χ1) is 15.0. The molecule has 8 heteroatoms.